The largest absolute Gasteiger partial charge is 0.470 e. The number of aryl methyl sites for hydroxylation is 1. The van der Waals surface area contributed by atoms with E-state index in [1.54, 1.807) is 11.6 Å². The van der Waals surface area contributed by atoms with Crippen molar-refractivity contribution in [1.82, 2.24) is 9.55 Å². The van der Waals surface area contributed by atoms with Gasteiger partial charge in [0.05, 0.1) is 11.5 Å². The van der Waals surface area contributed by atoms with Crippen LogP contribution in [0.15, 0.2) is 35.1 Å². The minimum Gasteiger partial charge on any atom is -0.470 e. The van der Waals surface area contributed by atoms with Crippen LogP contribution < -0.4 is 10.3 Å². The SMILES string of the molecule is Cc1nc2c(c(=O)n1C)C(c1ccccc1)C(C)(C)O2. The molecule has 0 radical (unpaired) electrons. The Bertz CT molecular complexity index is 717. The Labute approximate surface area is 118 Å². The summed E-state index contributed by atoms with van der Waals surface area (Å²) in [4.78, 5) is 17.0. The second kappa shape index (κ2) is 4.20. The van der Waals surface area contributed by atoms with E-state index in [0.29, 0.717) is 17.3 Å². The fourth-order valence-electron chi connectivity index (χ4n) is 2.90. The fourth-order valence-corrected chi connectivity index (χ4v) is 2.90. The van der Waals surface area contributed by atoms with Gasteiger partial charge in [0.2, 0.25) is 5.88 Å². The van der Waals surface area contributed by atoms with E-state index < -0.39 is 5.60 Å². The number of fused-ring (bicyclic) bond motifs is 1. The number of hydrogen-bond acceptors (Lipinski definition) is 3. The second-order valence-electron chi connectivity index (χ2n) is 5.79. The minimum absolute atomic E-state index is 0.0214. The topological polar surface area (TPSA) is 44.1 Å². The van der Waals surface area contributed by atoms with Gasteiger partial charge in [0.1, 0.15) is 11.4 Å². The lowest BCUT2D eigenvalue weighted by molar-refractivity contribution is 0.117. The normalized spacial score (nSPS) is 19.5. The van der Waals surface area contributed by atoms with Crippen molar-refractivity contribution in [2.75, 3.05) is 0 Å². The van der Waals surface area contributed by atoms with Gasteiger partial charge in [-0.1, -0.05) is 30.3 Å². The third-order valence-electron chi connectivity index (χ3n) is 3.99. The Morgan fingerprint density at radius 2 is 1.90 bits per heavy atom. The molecule has 4 nitrogen and oxygen atoms in total. The number of ether oxygens (including phenoxy) is 1. The van der Waals surface area contributed by atoms with E-state index in [4.69, 9.17) is 4.74 Å². The summed E-state index contributed by atoms with van der Waals surface area (Å²) in [5, 5.41) is 0. The Morgan fingerprint density at radius 3 is 2.55 bits per heavy atom. The van der Waals surface area contributed by atoms with Crippen LogP contribution in [0.2, 0.25) is 0 Å². The maximum Gasteiger partial charge on any atom is 0.261 e. The highest BCUT2D eigenvalue weighted by molar-refractivity contribution is 5.44. The highest BCUT2D eigenvalue weighted by atomic mass is 16.5. The highest BCUT2D eigenvalue weighted by Crippen LogP contribution is 2.45. The van der Waals surface area contributed by atoms with Crippen LogP contribution in [0.1, 0.15) is 36.7 Å². The van der Waals surface area contributed by atoms with Crippen molar-refractivity contribution in [2.45, 2.75) is 32.3 Å². The van der Waals surface area contributed by atoms with Crippen LogP contribution in [0.25, 0.3) is 0 Å². The van der Waals surface area contributed by atoms with Crippen LogP contribution in [0, 0.1) is 6.92 Å². The van der Waals surface area contributed by atoms with Crippen molar-refractivity contribution in [1.29, 1.82) is 0 Å². The molecule has 0 bridgehead atoms. The summed E-state index contributed by atoms with van der Waals surface area (Å²) in [6.07, 6.45) is 0. The molecule has 0 aliphatic carbocycles. The molecule has 0 N–H and O–H groups in total. The molecule has 20 heavy (non-hydrogen) atoms. The second-order valence-corrected chi connectivity index (χ2v) is 5.79. The highest BCUT2D eigenvalue weighted by Gasteiger charge is 2.45. The molecule has 1 aromatic carbocycles. The van der Waals surface area contributed by atoms with Crippen LogP contribution in [-0.2, 0) is 7.05 Å². The van der Waals surface area contributed by atoms with Crippen LogP contribution in [0.4, 0.5) is 0 Å². The predicted octanol–water partition coefficient (Wildman–Crippen LogP) is 2.39. The van der Waals surface area contributed by atoms with Gasteiger partial charge < -0.3 is 4.74 Å². The summed E-state index contributed by atoms with van der Waals surface area (Å²) in [7, 11) is 1.75. The average molecular weight is 270 g/mol. The van der Waals surface area contributed by atoms with E-state index in [1.165, 1.54) is 0 Å². The first-order chi connectivity index (χ1) is 9.42. The molecule has 1 aliphatic heterocycles. The van der Waals surface area contributed by atoms with E-state index in [0.717, 1.165) is 5.56 Å². The standard InChI is InChI=1S/C16H18N2O2/c1-10-17-14-12(15(19)18(10)4)13(16(2,3)20-14)11-8-6-5-7-9-11/h5-9,13H,1-4H3. The van der Waals surface area contributed by atoms with Gasteiger partial charge in [-0.25, -0.2) is 0 Å². The zero-order valence-electron chi connectivity index (χ0n) is 12.2. The molecule has 0 saturated carbocycles. The summed E-state index contributed by atoms with van der Waals surface area (Å²) in [5.74, 6) is 1.05. The van der Waals surface area contributed by atoms with E-state index in [9.17, 15) is 4.79 Å². The number of benzene rings is 1. The molecule has 1 aliphatic rings. The molecule has 2 aromatic rings. The number of aromatic nitrogens is 2. The number of hydrogen-bond donors (Lipinski definition) is 0. The monoisotopic (exact) mass is 270 g/mol. The van der Waals surface area contributed by atoms with Crippen molar-refractivity contribution in [3.8, 4) is 5.88 Å². The lowest BCUT2D eigenvalue weighted by Gasteiger charge is -2.26. The molecule has 0 fully saturated rings. The zero-order chi connectivity index (χ0) is 14.5. The van der Waals surface area contributed by atoms with Crippen molar-refractivity contribution in [3.63, 3.8) is 0 Å². The molecule has 1 aromatic heterocycles. The fraction of sp³-hybridized carbons (Fsp3) is 0.375. The van der Waals surface area contributed by atoms with Crippen molar-refractivity contribution < 1.29 is 4.74 Å². The van der Waals surface area contributed by atoms with Gasteiger partial charge in [0.25, 0.3) is 5.56 Å². The maximum atomic E-state index is 12.6. The van der Waals surface area contributed by atoms with Crippen LogP contribution in [-0.4, -0.2) is 15.2 Å². The zero-order valence-corrected chi connectivity index (χ0v) is 12.2. The molecule has 1 unspecified atom stereocenters. The molecule has 0 spiro atoms. The third kappa shape index (κ3) is 1.75. The van der Waals surface area contributed by atoms with Crippen molar-refractivity contribution in [3.05, 3.63) is 57.6 Å². The third-order valence-corrected chi connectivity index (χ3v) is 3.99. The van der Waals surface area contributed by atoms with Gasteiger partial charge >= 0.3 is 0 Å². The maximum absolute atomic E-state index is 12.6. The first-order valence-corrected chi connectivity index (χ1v) is 6.73. The first kappa shape index (κ1) is 12.9. The summed E-state index contributed by atoms with van der Waals surface area (Å²) in [5.41, 5.74) is 1.25. The summed E-state index contributed by atoms with van der Waals surface area (Å²) >= 11 is 0. The molecular formula is C16H18N2O2. The van der Waals surface area contributed by atoms with Crippen LogP contribution in [0.5, 0.6) is 5.88 Å². The molecule has 0 amide bonds. The van der Waals surface area contributed by atoms with Gasteiger partial charge in [-0.3, -0.25) is 9.36 Å². The van der Waals surface area contributed by atoms with Gasteiger partial charge in [-0.05, 0) is 26.3 Å². The van der Waals surface area contributed by atoms with Crippen molar-refractivity contribution >= 4 is 0 Å². The molecular weight excluding hydrogens is 252 g/mol. The molecule has 1 atom stereocenters. The molecule has 3 rings (SSSR count). The van der Waals surface area contributed by atoms with E-state index in [-0.39, 0.29) is 11.5 Å². The molecule has 4 heteroatoms. The first-order valence-electron chi connectivity index (χ1n) is 6.73. The van der Waals surface area contributed by atoms with Gasteiger partial charge in [-0.2, -0.15) is 4.98 Å². The van der Waals surface area contributed by atoms with E-state index >= 15 is 0 Å². The van der Waals surface area contributed by atoms with E-state index in [1.807, 2.05) is 51.1 Å². The van der Waals surface area contributed by atoms with Crippen LogP contribution in [0.3, 0.4) is 0 Å². The summed E-state index contributed by atoms with van der Waals surface area (Å²) in [6.45, 7) is 5.82. The molecule has 104 valence electrons. The number of rotatable bonds is 1. The predicted molar refractivity (Wildman–Crippen MR) is 77.2 cm³/mol. The minimum atomic E-state index is -0.476. The smallest absolute Gasteiger partial charge is 0.261 e. The summed E-state index contributed by atoms with van der Waals surface area (Å²) in [6, 6.07) is 10.00. The lowest BCUT2D eigenvalue weighted by Crippen LogP contribution is -2.33. The molecule has 2 heterocycles. The van der Waals surface area contributed by atoms with E-state index in [2.05, 4.69) is 4.98 Å². The Kier molecular flexibility index (Phi) is 2.71. The number of nitrogens with zero attached hydrogens (tertiary/aromatic N) is 2. The van der Waals surface area contributed by atoms with Crippen molar-refractivity contribution in [2.24, 2.45) is 7.05 Å². The lowest BCUT2D eigenvalue weighted by atomic mass is 9.82. The van der Waals surface area contributed by atoms with Crippen LogP contribution >= 0.6 is 0 Å². The summed E-state index contributed by atoms with van der Waals surface area (Å²) < 4.78 is 7.54. The average Bonchev–Trinajstić information content (AvgIpc) is 2.67. The van der Waals surface area contributed by atoms with Gasteiger partial charge in [-0.15, -0.1) is 0 Å². The Morgan fingerprint density at radius 1 is 1.25 bits per heavy atom. The Hall–Kier alpha value is -2.10. The van der Waals surface area contributed by atoms with Gasteiger partial charge in [0.15, 0.2) is 0 Å². The van der Waals surface area contributed by atoms with Gasteiger partial charge in [0, 0.05) is 7.05 Å². The quantitative estimate of drug-likeness (QED) is 0.799. The molecule has 0 saturated heterocycles. The Balaban J connectivity index is 2.28.